The highest BCUT2D eigenvalue weighted by Crippen LogP contribution is 2.38. The van der Waals surface area contributed by atoms with Gasteiger partial charge in [-0.1, -0.05) is 50.1 Å². The molecule has 7 heteroatoms. The SMILES string of the molecule is CC(C)OC(=O)c1c(NC(=O)C(C)(C)Oc2ccc(Cl)cc2)sc2c1CCCCCCCCCC2. The Labute approximate surface area is 218 Å². The molecule has 1 aromatic heterocycles. The molecule has 5 nitrogen and oxygen atoms in total. The van der Waals surface area contributed by atoms with Crippen LogP contribution in [0.4, 0.5) is 5.00 Å². The average Bonchev–Trinajstić information content (AvgIpc) is 3.11. The number of carbonyl (C=O) groups excluding carboxylic acids is 2. The number of fused-ring (bicyclic) bond motifs is 1. The van der Waals surface area contributed by atoms with Gasteiger partial charge in [-0.15, -0.1) is 11.3 Å². The summed E-state index contributed by atoms with van der Waals surface area (Å²) >= 11 is 7.48. The highest BCUT2D eigenvalue weighted by Gasteiger charge is 2.33. The number of hydrogen-bond acceptors (Lipinski definition) is 5. The number of amides is 1. The first-order chi connectivity index (χ1) is 16.7. The van der Waals surface area contributed by atoms with Crippen LogP contribution in [0.2, 0.25) is 5.02 Å². The molecule has 1 aliphatic carbocycles. The highest BCUT2D eigenvalue weighted by molar-refractivity contribution is 7.17. The van der Waals surface area contributed by atoms with Crippen LogP contribution in [0.5, 0.6) is 5.75 Å². The molecule has 1 N–H and O–H groups in total. The Balaban J connectivity index is 1.89. The van der Waals surface area contributed by atoms with Crippen molar-refractivity contribution in [2.45, 2.75) is 104 Å². The minimum absolute atomic E-state index is 0.238. The lowest BCUT2D eigenvalue weighted by molar-refractivity contribution is -0.128. The van der Waals surface area contributed by atoms with Crippen molar-refractivity contribution in [3.63, 3.8) is 0 Å². The zero-order valence-electron chi connectivity index (χ0n) is 21.4. The second-order valence-corrected chi connectivity index (χ2v) is 11.6. The number of esters is 1. The van der Waals surface area contributed by atoms with E-state index in [9.17, 15) is 9.59 Å². The fourth-order valence-corrected chi connectivity index (χ4v) is 5.70. The Bertz CT molecular complexity index is 997. The summed E-state index contributed by atoms with van der Waals surface area (Å²) in [7, 11) is 0. The minimum Gasteiger partial charge on any atom is -0.478 e. The molecular weight excluding hydrogens is 482 g/mol. The number of halogens is 1. The van der Waals surface area contributed by atoms with Crippen molar-refractivity contribution in [2.75, 3.05) is 5.32 Å². The summed E-state index contributed by atoms with van der Waals surface area (Å²) in [6.45, 7) is 7.12. The molecular formula is C28H38ClNO4S. The topological polar surface area (TPSA) is 64.6 Å². The maximum atomic E-state index is 13.3. The van der Waals surface area contributed by atoms with Gasteiger partial charge >= 0.3 is 5.97 Å². The standard InChI is InChI=1S/C28H38ClNO4S/c1-19(2)33-26(31)24-22-13-11-9-7-5-6-8-10-12-14-23(22)35-25(24)30-27(32)28(3,4)34-21-17-15-20(29)16-18-21/h15-19H,5-14H2,1-4H3,(H,30,32). The first-order valence-electron chi connectivity index (χ1n) is 12.8. The first-order valence-corrected chi connectivity index (χ1v) is 14.0. The minimum atomic E-state index is -1.16. The number of rotatable bonds is 6. The smallest absolute Gasteiger partial charge is 0.341 e. The Morgan fingerprint density at radius 1 is 0.943 bits per heavy atom. The van der Waals surface area contributed by atoms with E-state index in [1.54, 1.807) is 38.1 Å². The number of aryl methyl sites for hydroxylation is 1. The fraction of sp³-hybridized carbons (Fsp3) is 0.571. The monoisotopic (exact) mass is 519 g/mol. The van der Waals surface area contributed by atoms with Gasteiger partial charge in [0.25, 0.3) is 5.91 Å². The predicted octanol–water partition coefficient (Wildman–Crippen LogP) is 7.98. The summed E-state index contributed by atoms with van der Waals surface area (Å²) in [6.07, 6.45) is 11.0. The normalized spacial score (nSPS) is 15.5. The quantitative estimate of drug-likeness (QED) is 0.393. The van der Waals surface area contributed by atoms with E-state index < -0.39 is 5.60 Å². The number of benzene rings is 1. The zero-order chi connectivity index (χ0) is 25.4. The van der Waals surface area contributed by atoms with Gasteiger partial charge in [-0.2, -0.15) is 0 Å². The average molecular weight is 520 g/mol. The molecule has 0 unspecified atom stereocenters. The van der Waals surface area contributed by atoms with E-state index in [-0.39, 0.29) is 18.0 Å². The molecule has 0 bridgehead atoms. The van der Waals surface area contributed by atoms with Crippen LogP contribution in [0.25, 0.3) is 0 Å². The Morgan fingerprint density at radius 3 is 2.11 bits per heavy atom. The van der Waals surface area contributed by atoms with Crippen molar-refractivity contribution in [3.05, 3.63) is 45.3 Å². The van der Waals surface area contributed by atoms with Crippen molar-refractivity contribution >= 4 is 39.8 Å². The molecule has 0 atom stereocenters. The second-order valence-electron chi connectivity index (χ2n) is 10.0. The number of nitrogens with one attached hydrogen (secondary N) is 1. The summed E-state index contributed by atoms with van der Waals surface area (Å²) in [5.41, 5.74) is 0.412. The molecule has 0 fully saturated rings. The van der Waals surface area contributed by atoms with Crippen LogP contribution in [0, 0.1) is 0 Å². The lowest BCUT2D eigenvalue weighted by Crippen LogP contribution is -2.42. The lowest BCUT2D eigenvalue weighted by atomic mass is 9.97. The Kier molecular flexibility index (Phi) is 10.0. The number of carbonyl (C=O) groups is 2. The summed E-state index contributed by atoms with van der Waals surface area (Å²) in [5.74, 6) is -0.133. The maximum absolute atomic E-state index is 13.3. The van der Waals surface area contributed by atoms with Gasteiger partial charge in [0.15, 0.2) is 5.60 Å². The lowest BCUT2D eigenvalue weighted by Gasteiger charge is -2.25. The van der Waals surface area contributed by atoms with E-state index in [0.29, 0.717) is 21.3 Å². The van der Waals surface area contributed by atoms with Crippen LogP contribution < -0.4 is 10.1 Å². The zero-order valence-corrected chi connectivity index (χ0v) is 22.9. The molecule has 0 aliphatic heterocycles. The van der Waals surface area contributed by atoms with Crippen LogP contribution in [0.3, 0.4) is 0 Å². The molecule has 1 aromatic carbocycles. The van der Waals surface area contributed by atoms with Crippen LogP contribution in [-0.4, -0.2) is 23.6 Å². The van der Waals surface area contributed by atoms with E-state index in [1.165, 1.54) is 48.3 Å². The number of thiophene rings is 1. The highest BCUT2D eigenvalue weighted by atomic mass is 35.5. The van der Waals surface area contributed by atoms with Gasteiger partial charge in [-0.3, -0.25) is 4.79 Å². The van der Waals surface area contributed by atoms with Crippen molar-refractivity contribution in [2.24, 2.45) is 0 Å². The molecule has 0 saturated heterocycles. The van der Waals surface area contributed by atoms with Crippen molar-refractivity contribution in [1.29, 1.82) is 0 Å². The molecule has 1 aliphatic rings. The fourth-order valence-electron chi connectivity index (χ4n) is 4.30. The molecule has 2 aromatic rings. The van der Waals surface area contributed by atoms with Gasteiger partial charge < -0.3 is 14.8 Å². The van der Waals surface area contributed by atoms with E-state index in [4.69, 9.17) is 21.1 Å². The first kappa shape index (κ1) is 27.5. The molecule has 35 heavy (non-hydrogen) atoms. The van der Waals surface area contributed by atoms with Gasteiger partial charge in [0, 0.05) is 9.90 Å². The van der Waals surface area contributed by atoms with Crippen molar-refractivity contribution in [3.8, 4) is 5.75 Å². The summed E-state index contributed by atoms with van der Waals surface area (Å²) in [4.78, 5) is 27.8. The predicted molar refractivity (Wildman–Crippen MR) is 144 cm³/mol. The van der Waals surface area contributed by atoms with Crippen LogP contribution >= 0.6 is 22.9 Å². The van der Waals surface area contributed by atoms with E-state index in [1.807, 2.05) is 13.8 Å². The summed E-state index contributed by atoms with van der Waals surface area (Å²) in [6, 6.07) is 6.91. The van der Waals surface area contributed by atoms with Gasteiger partial charge in [0.1, 0.15) is 10.8 Å². The summed E-state index contributed by atoms with van der Waals surface area (Å²) < 4.78 is 11.6. The number of ether oxygens (including phenoxy) is 2. The molecule has 0 spiro atoms. The van der Waals surface area contributed by atoms with Gasteiger partial charge in [0.2, 0.25) is 0 Å². The third-order valence-corrected chi connectivity index (χ3v) is 7.64. The maximum Gasteiger partial charge on any atom is 0.341 e. The molecule has 1 heterocycles. The van der Waals surface area contributed by atoms with E-state index in [0.717, 1.165) is 37.7 Å². The van der Waals surface area contributed by atoms with Gasteiger partial charge in [0.05, 0.1) is 11.7 Å². The third kappa shape index (κ3) is 7.97. The van der Waals surface area contributed by atoms with Crippen molar-refractivity contribution in [1.82, 2.24) is 0 Å². The van der Waals surface area contributed by atoms with Crippen LogP contribution in [-0.2, 0) is 22.4 Å². The molecule has 1 amide bonds. The third-order valence-electron chi connectivity index (χ3n) is 6.18. The number of hydrogen-bond donors (Lipinski definition) is 1. The van der Waals surface area contributed by atoms with Crippen LogP contribution in [0.15, 0.2) is 24.3 Å². The Morgan fingerprint density at radius 2 is 1.51 bits per heavy atom. The largest absolute Gasteiger partial charge is 0.478 e. The summed E-state index contributed by atoms with van der Waals surface area (Å²) in [5, 5.41) is 4.18. The van der Waals surface area contributed by atoms with Gasteiger partial charge in [-0.25, -0.2) is 4.79 Å². The second kappa shape index (κ2) is 12.8. The molecule has 0 radical (unpaired) electrons. The number of anilines is 1. The van der Waals surface area contributed by atoms with E-state index >= 15 is 0 Å². The van der Waals surface area contributed by atoms with Crippen molar-refractivity contribution < 1.29 is 19.1 Å². The molecule has 0 saturated carbocycles. The Hall–Kier alpha value is -2.05. The van der Waals surface area contributed by atoms with E-state index in [2.05, 4.69) is 5.32 Å². The van der Waals surface area contributed by atoms with Gasteiger partial charge in [-0.05, 0) is 83.2 Å². The van der Waals surface area contributed by atoms with Crippen LogP contribution in [0.1, 0.15) is 99.9 Å². The molecule has 3 rings (SSSR count). The molecule has 192 valence electrons.